The van der Waals surface area contributed by atoms with E-state index < -0.39 is 12.0 Å². The van der Waals surface area contributed by atoms with Crippen molar-refractivity contribution in [2.24, 2.45) is 0 Å². The molecule has 0 aliphatic carbocycles. The fourth-order valence-corrected chi connectivity index (χ4v) is 2.79. The van der Waals surface area contributed by atoms with E-state index in [1.54, 1.807) is 24.3 Å². The highest BCUT2D eigenvalue weighted by Crippen LogP contribution is 2.18. The van der Waals surface area contributed by atoms with Gasteiger partial charge in [-0.05, 0) is 57.1 Å². The summed E-state index contributed by atoms with van der Waals surface area (Å²) in [5.74, 6) is -0.483. The lowest BCUT2D eigenvalue weighted by Crippen LogP contribution is -2.45. The van der Waals surface area contributed by atoms with E-state index in [9.17, 15) is 14.7 Å². The third-order valence-electron chi connectivity index (χ3n) is 3.94. The molecule has 1 aliphatic rings. The summed E-state index contributed by atoms with van der Waals surface area (Å²) < 4.78 is 5.34. The summed E-state index contributed by atoms with van der Waals surface area (Å²) in [5.41, 5.74) is 0.640. The van der Waals surface area contributed by atoms with E-state index in [-0.39, 0.29) is 12.3 Å². The van der Waals surface area contributed by atoms with Gasteiger partial charge in [0.05, 0.1) is 13.0 Å². The van der Waals surface area contributed by atoms with E-state index >= 15 is 0 Å². The number of aliphatic carboxylic acids is 1. The third kappa shape index (κ3) is 5.25. The summed E-state index contributed by atoms with van der Waals surface area (Å²) in [7, 11) is 0. The van der Waals surface area contributed by atoms with Crippen molar-refractivity contribution in [1.29, 1.82) is 0 Å². The Bertz CT molecular complexity index is 524. The summed E-state index contributed by atoms with van der Waals surface area (Å²) in [6, 6.07) is 6.30. The maximum absolute atomic E-state index is 12.1. The molecule has 126 valence electrons. The lowest BCUT2D eigenvalue weighted by atomic mass is 10.1. The van der Waals surface area contributed by atoms with Crippen LogP contribution in [-0.4, -0.2) is 47.6 Å². The average molecular weight is 320 g/mol. The highest BCUT2D eigenvalue weighted by atomic mass is 16.5. The lowest BCUT2D eigenvalue weighted by Gasteiger charge is -2.31. The van der Waals surface area contributed by atoms with Gasteiger partial charge in [-0.15, -0.1) is 0 Å². The normalized spacial score (nSPS) is 16.6. The van der Waals surface area contributed by atoms with Crippen LogP contribution in [0.3, 0.4) is 0 Å². The molecule has 1 aliphatic heterocycles. The first-order chi connectivity index (χ1) is 11.1. The van der Waals surface area contributed by atoms with Gasteiger partial charge in [0.15, 0.2) is 0 Å². The average Bonchev–Trinajstić information content (AvgIpc) is 2.55. The van der Waals surface area contributed by atoms with Gasteiger partial charge in [-0.1, -0.05) is 6.42 Å². The van der Waals surface area contributed by atoms with Crippen LogP contribution in [0, 0.1) is 0 Å². The first kappa shape index (κ1) is 17.3. The highest BCUT2D eigenvalue weighted by molar-refractivity contribution is 5.94. The molecule has 0 aromatic heterocycles. The number of carbonyl (C=O) groups excluding carboxylic acids is 1. The second kappa shape index (κ2) is 8.53. The van der Waals surface area contributed by atoms with Crippen molar-refractivity contribution < 1.29 is 19.4 Å². The number of hydrogen-bond acceptors (Lipinski definition) is 4. The topological polar surface area (TPSA) is 78.9 Å². The molecule has 23 heavy (non-hydrogen) atoms. The van der Waals surface area contributed by atoms with E-state index in [1.807, 2.05) is 11.8 Å². The van der Waals surface area contributed by atoms with Crippen LogP contribution < -0.4 is 10.1 Å². The first-order valence-corrected chi connectivity index (χ1v) is 8.09. The number of benzene rings is 1. The molecule has 0 bridgehead atoms. The molecule has 1 aromatic carbocycles. The molecule has 0 radical (unpaired) electrons. The fraction of sp³-hybridized carbons (Fsp3) is 0.529. The number of rotatable bonds is 7. The number of carbonyl (C=O) groups is 2. The second-order valence-electron chi connectivity index (χ2n) is 5.66. The quantitative estimate of drug-likeness (QED) is 0.806. The molecule has 0 spiro atoms. The number of carboxylic acid groups (broad SMARTS) is 1. The number of nitrogens with one attached hydrogen (secondary N) is 1. The van der Waals surface area contributed by atoms with E-state index in [0.717, 1.165) is 38.1 Å². The van der Waals surface area contributed by atoms with E-state index in [4.69, 9.17) is 4.74 Å². The number of ether oxygens (including phenoxy) is 1. The number of hydrogen-bond donors (Lipinski definition) is 2. The third-order valence-corrected chi connectivity index (χ3v) is 3.94. The Morgan fingerprint density at radius 3 is 2.43 bits per heavy atom. The molecule has 1 atom stereocenters. The molecule has 2 N–H and O–H groups in total. The molecule has 6 heteroatoms. The lowest BCUT2D eigenvalue weighted by molar-refractivity contribution is -0.145. The Morgan fingerprint density at radius 2 is 1.87 bits per heavy atom. The van der Waals surface area contributed by atoms with Crippen molar-refractivity contribution in [3.63, 3.8) is 0 Å². The molecular weight excluding hydrogens is 296 g/mol. The van der Waals surface area contributed by atoms with E-state index in [0.29, 0.717) is 12.3 Å². The molecule has 0 saturated carbocycles. The van der Waals surface area contributed by atoms with Gasteiger partial charge in [-0.2, -0.15) is 0 Å². The zero-order valence-electron chi connectivity index (χ0n) is 13.5. The zero-order valence-corrected chi connectivity index (χ0v) is 13.5. The Hall–Kier alpha value is -2.08. The van der Waals surface area contributed by atoms with Crippen LogP contribution in [-0.2, 0) is 9.59 Å². The van der Waals surface area contributed by atoms with Gasteiger partial charge in [0, 0.05) is 5.69 Å². The summed E-state index contributed by atoms with van der Waals surface area (Å²) in [6.45, 7) is 3.98. The number of piperidine rings is 1. The van der Waals surface area contributed by atoms with Crippen LogP contribution in [0.2, 0.25) is 0 Å². The molecule has 1 fully saturated rings. The van der Waals surface area contributed by atoms with Gasteiger partial charge in [0.2, 0.25) is 5.91 Å². The number of carboxylic acids is 1. The van der Waals surface area contributed by atoms with Gasteiger partial charge < -0.3 is 15.2 Å². The van der Waals surface area contributed by atoms with Crippen molar-refractivity contribution in [3.8, 4) is 5.75 Å². The van der Waals surface area contributed by atoms with Gasteiger partial charge in [-0.3, -0.25) is 14.5 Å². The number of likely N-dealkylation sites (tertiary alicyclic amines) is 1. The molecular formula is C17H24N2O4. The van der Waals surface area contributed by atoms with Crippen LogP contribution in [0.1, 0.15) is 32.6 Å². The van der Waals surface area contributed by atoms with Gasteiger partial charge in [-0.25, -0.2) is 0 Å². The number of anilines is 1. The number of amides is 1. The smallest absolute Gasteiger partial charge is 0.321 e. The molecule has 1 saturated heterocycles. The van der Waals surface area contributed by atoms with Gasteiger partial charge in [0.25, 0.3) is 0 Å². The maximum Gasteiger partial charge on any atom is 0.321 e. The minimum Gasteiger partial charge on any atom is -0.494 e. The van der Waals surface area contributed by atoms with Crippen LogP contribution in [0.5, 0.6) is 5.75 Å². The fourth-order valence-electron chi connectivity index (χ4n) is 2.79. The zero-order chi connectivity index (χ0) is 16.7. The summed E-state index contributed by atoms with van der Waals surface area (Å²) in [6.07, 6.45) is 3.07. The van der Waals surface area contributed by atoms with Crippen LogP contribution in [0.15, 0.2) is 24.3 Å². The van der Waals surface area contributed by atoms with Crippen LogP contribution >= 0.6 is 0 Å². The van der Waals surface area contributed by atoms with Crippen molar-refractivity contribution in [2.45, 2.75) is 38.6 Å². The van der Waals surface area contributed by atoms with E-state index in [2.05, 4.69) is 5.32 Å². The highest BCUT2D eigenvalue weighted by Gasteiger charge is 2.29. The van der Waals surface area contributed by atoms with Crippen molar-refractivity contribution in [2.75, 3.05) is 25.0 Å². The van der Waals surface area contributed by atoms with Crippen molar-refractivity contribution in [3.05, 3.63) is 24.3 Å². The monoisotopic (exact) mass is 320 g/mol. The molecule has 1 unspecified atom stereocenters. The van der Waals surface area contributed by atoms with Gasteiger partial charge >= 0.3 is 5.97 Å². The standard InChI is InChI=1S/C17H24N2O4/c1-2-23-14-8-6-13(7-9-14)18-16(20)12-15(17(21)22)19-10-4-3-5-11-19/h6-9,15H,2-5,10-12H2,1H3,(H,18,20)(H,21,22). The van der Waals surface area contributed by atoms with E-state index in [1.165, 1.54) is 0 Å². The summed E-state index contributed by atoms with van der Waals surface area (Å²) in [5, 5.41) is 12.1. The SMILES string of the molecule is CCOc1ccc(NC(=O)CC(C(=O)O)N2CCCCC2)cc1. The maximum atomic E-state index is 12.1. The van der Waals surface area contributed by atoms with Crippen LogP contribution in [0.4, 0.5) is 5.69 Å². The van der Waals surface area contributed by atoms with Crippen molar-refractivity contribution >= 4 is 17.6 Å². The Morgan fingerprint density at radius 1 is 1.22 bits per heavy atom. The Labute approximate surface area is 136 Å². The molecule has 2 rings (SSSR count). The molecule has 6 nitrogen and oxygen atoms in total. The summed E-state index contributed by atoms with van der Waals surface area (Å²) in [4.78, 5) is 25.5. The van der Waals surface area contributed by atoms with Gasteiger partial charge in [0.1, 0.15) is 11.8 Å². The molecule has 1 amide bonds. The molecule has 1 heterocycles. The van der Waals surface area contributed by atoms with Crippen molar-refractivity contribution in [1.82, 2.24) is 4.90 Å². The largest absolute Gasteiger partial charge is 0.494 e. The second-order valence-corrected chi connectivity index (χ2v) is 5.66. The first-order valence-electron chi connectivity index (χ1n) is 8.09. The summed E-state index contributed by atoms with van der Waals surface area (Å²) >= 11 is 0. The minimum atomic E-state index is -0.936. The Balaban J connectivity index is 1.91. The predicted octanol–water partition coefficient (Wildman–Crippen LogP) is 2.35. The van der Waals surface area contributed by atoms with Crippen LogP contribution in [0.25, 0.3) is 0 Å². The molecule has 1 aromatic rings. The Kier molecular flexibility index (Phi) is 6.40. The number of nitrogens with zero attached hydrogens (tertiary/aromatic N) is 1. The predicted molar refractivity (Wildman–Crippen MR) is 87.7 cm³/mol. The minimum absolute atomic E-state index is 0.0391.